The molecule has 0 aromatic heterocycles. The molecule has 11 heteroatoms. The molecule has 0 saturated carbocycles. The maximum Gasteiger partial charge on any atom is 0.472 e. The Balaban J connectivity index is 4.40. The van der Waals surface area contributed by atoms with Crippen LogP contribution in [-0.4, -0.2) is 65.7 Å². The van der Waals surface area contributed by atoms with Crippen molar-refractivity contribution in [1.82, 2.24) is 0 Å². The molecular formula is C39H71O10P. The Hall–Kier alpha value is -1.81. The molecule has 0 amide bonds. The number of rotatable bonds is 36. The van der Waals surface area contributed by atoms with Crippen molar-refractivity contribution >= 4 is 19.8 Å². The number of esters is 2. The molecule has 0 spiro atoms. The topological polar surface area (TPSA) is 149 Å². The van der Waals surface area contributed by atoms with Gasteiger partial charge in [0.25, 0.3) is 0 Å². The Morgan fingerprint density at radius 1 is 0.600 bits per heavy atom. The van der Waals surface area contributed by atoms with Crippen molar-refractivity contribution in [1.29, 1.82) is 0 Å². The highest BCUT2D eigenvalue weighted by Gasteiger charge is 2.27. The number of allylic oxidation sites excluding steroid dienone is 6. The summed E-state index contributed by atoms with van der Waals surface area (Å²) < 4.78 is 32.6. The number of ether oxygens (including phenoxy) is 2. The monoisotopic (exact) mass is 730 g/mol. The summed E-state index contributed by atoms with van der Waals surface area (Å²) in [5, 5.41) is 18.3. The van der Waals surface area contributed by atoms with Gasteiger partial charge in [-0.15, -0.1) is 0 Å². The summed E-state index contributed by atoms with van der Waals surface area (Å²) >= 11 is 0. The molecule has 10 nitrogen and oxygen atoms in total. The van der Waals surface area contributed by atoms with Gasteiger partial charge in [-0.05, 0) is 70.6 Å². The maximum absolute atomic E-state index is 12.5. The molecule has 0 aromatic carbocycles. The van der Waals surface area contributed by atoms with Gasteiger partial charge in [-0.2, -0.15) is 0 Å². The number of aliphatic hydroxyl groups is 2. The third-order valence-corrected chi connectivity index (χ3v) is 8.97. The van der Waals surface area contributed by atoms with Crippen LogP contribution in [0.15, 0.2) is 36.5 Å². The number of carbonyl (C=O) groups excluding carboxylic acids is 2. The quantitative estimate of drug-likeness (QED) is 0.0246. The average Bonchev–Trinajstić information content (AvgIpc) is 3.10. The second-order valence-electron chi connectivity index (χ2n) is 12.9. The zero-order valence-corrected chi connectivity index (χ0v) is 32.3. The molecule has 0 bridgehead atoms. The van der Waals surface area contributed by atoms with Crippen LogP contribution in [0.25, 0.3) is 0 Å². The van der Waals surface area contributed by atoms with Crippen LogP contribution >= 0.6 is 7.82 Å². The number of phosphoric ester groups is 1. The first kappa shape index (κ1) is 48.2. The fourth-order valence-electron chi connectivity index (χ4n) is 4.96. The maximum atomic E-state index is 12.5. The molecule has 0 radical (unpaired) electrons. The van der Waals surface area contributed by atoms with Crippen molar-refractivity contribution in [3.8, 4) is 0 Å². The largest absolute Gasteiger partial charge is 0.472 e. The van der Waals surface area contributed by atoms with Crippen LogP contribution in [0.4, 0.5) is 0 Å². The number of hydrogen-bond acceptors (Lipinski definition) is 9. The standard InChI is InChI=1S/C39H71O10P/c1-3-5-7-9-11-13-15-17-18-19-21-23-25-27-29-31-39(43)49-37(35-48-50(44,45)47-33-36(41)32-40)34-46-38(42)30-28-26-24-22-20-16-14-12-10-8-6-4-2/h11-14,17-18,36-37,40-41H,3-10,15-16,19-35H2,1-2H3,(H,44,45)/b13-11-,14-12-,18-17-/t36-,37+/m0/s1. The highest BCUT2D eigenvalue weighted by atomic mass is 31.2. The number of carbonyl (C=O) groups is 2. The lowest BCUT2D eigenvalue weighted by Gasteiger charge is -2.20. The van der Waals surface area contributed by atoms with E-state index < -0.39 is 51.8 Å². The van der Waals surface area contributed by atoms with E-state index in [1.807, 2.05) is 0 Å². The van der Waals surface area contributed by atoms with Gasteiger partial charge in [0.2, 0.25) is 0 Å². The summed E-state index contributed by atoms with van der Waals surface area (Å²) in [5.41, 5.74) is 0. The lowest BCUT2D eigenvalue weighted by Crippen LogP contribution is -2.29. The van der Waals surface area contributed by atoms with Crippen molar-refractivity contribution in [3.05, 3.63) is 36.5 Å². The molecule has 0 aliphatic heterocycles. The molecule has 1 unspecified atom stereocenters. The molecule has 0 heterocycles. The van der Waals surface area contributed by atoms with Crippen LogP contribution in [0.3, 0.4) is 0 Å². The number of aliphatic hydroxyl groups excluding tert-OH is 2. The molecule has 0 saturated heterocycles. The van der Waals surface area contributed by atoms with E-state index in [4.69, 9.17) is 19.1 Å². The van der Waals surface area contributed by atoms with Gasteiger partial charge in [0.15, 0.2) is 6.10 Å². The molecule has 3 N–H and O–H groups in total. The highest BCUT2D eigenvalue weighted by molar-refractivity contribution is 7.47. The first-order valence-electron chi connectivity index (χ1n) is 19.4. The molecule has 0 aliphatic rings. The Labute approximate surface area is 303 Å². The highest BCUT2D eigenvalue weighted by Crippen LogP contribution is 2.43. The van der Waals surface area contributed by atoms with Crippen molar-refractivity contribution in [3.63, 3.8) is 0 Å². The van der Waals surface area contributed by atoms with Crippen LogP contribution in [0, 0.1) is 0 Å². The van der Waals surface area contributed by atoms with E-state index in [1.165, 1.54) is 38.5 Å². The third kappa shape index (κ3) is 34.6. The van der Waals surface area contributed by atoms with Crippen LogP contribution in [0.5, 0.6) is 0 Å². The van der Waals surface area contributed by atoms with Gasteiger partial charge in [-0.1, -0.05) is 115 Å². The zero-order chi connectivity index (χ0) is 37.0. The summed E-state index contributed by atoms with van der Waals surface area (Å²) in [6.45, 7) is 2.28. The van der Waals surface area contributed by atoms with E-state index in [0.29, 0.717) is 12.8 Å². The number of hydrogen-bond donors (Lipinski definition) is 3. The molecule has 0 aliphatic carbocycles. The lowest BCUT2D eigenvalue weighted by atomic mass is 10.1. The predicted molar refractivity (Wildman–Crippen MR) is 201 cm³/mol. The molecule has 0 aromatic rings. The van der Waals surface area contributed by atoms with E-state index in [9.17, 15) is 24.2 Å². The summed E-state index contributed by atoms with van der Waals surface area (Å²) in [6.07, 6.45) is 34.0. The minimum atomic E-state index is -4.62. The van der Waals surface area contributed by atoms with Crippen molar-refractivity contribution < 1.29 is 47.8 Å². The minimum absolute atomic E-state index is 0.166. The Kier molecular flexibility index (Phi) is 34.3. The summed E-state index contributed by atoms with van der Waals surface area (Å²) in [6, 6.07) is 0. The normalized spacial score (nSPS) is 14.4. The molecule has 50 heavy (non-hydrogen) atoms. The Bertz CT molecular complexity index is 936. The Morgan fingerprint density at radius 2 is 1.04 bits per heavy atom. The van der Waals surface area contributed by atoms with Crippen LogP contribution in [-0.2, 0) is 32.7 Å². The third-order valence-electron chi connectivity index (χ3n) is 8.02. The van der Waals surface area contributed by atoms with Gasteiger partial charge < -0.3 is 24.6 Å². The van der Waals surface area contributed by atoms with Crippen molar-refractivity contribution in [2.24, 2.45) is 0 Å². The van der Waals surface area contributed by atoms with Crippen LogP contribution < -0.4 is 0 Å². The second kappa shape index (κ2) is 35.6. The van der Waals surface area contributed by atoms with Crippen molar-refractivity contribution in [2.75, 3.05) is 26.4 Å². The molecular weight excluding hydrogens is 659 g/mol. The van der Waals surface area contributed by atoms with Crippen molar-refractivity contribution in [2.45, 2.75) is 174 Å². The van der Waals surface area contributed by atoms with E-state index in [-0.39, 0.29) is 19.4 Å². The van der Waals surface area contributed by atoms with Gasteiger partial charge in [0, 0.05) is 12.8 Å². The van der Waals surface area contributed by atoms with Gasteiger partial charge in [0.05, 0.1) is 19.8 Å². The van der Waals surface area contributed by atoms with Gasteiger partial charge in [-0.3, -0.25) is 18.6 Å². The van der Waals surface area contributed by atoms with Gasteiger partial charge in [-0.25, -0.2) is 4.57 Å². The van der Waals surface area contributed by atoms with Crippen LogP contribution in [0.1, 0.15) is 162 Å². The molecule has 0 rings (SSSR count). The SMILES string of the molecule is CCCCC/C=C\C/C=C\CCCCCCCC(=O)O[C@H](COC(=O)CCCCCCC/C=C\CCCCC)COP(=O)(O)OC[C@@H](O)CO. The second-order valence-corrected chi connectivity index (χ2v) is 14.4. The molecule has 0 fully saturated rings. The fourth-order valence-corrected chi connectivity index (χ4v) is 5.75. The van der Waals surface area contributed by atoms with E-state index >= 15 is 0 Å². The first-order chi connectivity index (χ1) is 24.2. The van der Waals surface area contributed by atoms with Crippen LogP contribution in [0.2, 0.25) is 0 Å². The fraction of sp³-hybridized carbons (Fsp3) is 0.795. The zero-order valence-electron chi connectivity index (χ0n) is 31.4. The lowest BCUT2D eigenvalue weighted by molar-refractivity contribution is -0.161. The molecule has 3 atom stereocenters. The molecule has 292 valence electrons. The number of phosphoric acid groups is 1. The average molecular weight is 731 g/mol. The van der Waals surface area contributed by atoms with Gasteiger partial charge >= 0.3 is 19.8 Å². The van der Waals surface area contributed by atoms with E-state index in [2.05, 4.69) is 54.8 Å². The number of unbranched alkanes of at least 4 members (excludes halogenated alkanes) is 16. The smallest absolute Gasteiger partial charge is 0.462 e. The van der Waals surface area contributed by atoms with E-state index in [0.717, 1.165) is 83.5 Å². The summed E-state index contributed by atoms with van der Waals surface area (Å²) in [7, 11) is -4.62. The van der Waals surface area contributed by atoms with E-state index in [1.54, 1.807) is 0 Å². The Morgan fingerprint density at radius 3 is 1.56 bits per heavy atom. The van der Waals surface area contributed by atoms with Gasteiger partial charge in [0.1, 0.15) is 12.7 Å². The predicted octanol–water partition coefficient (Wildman–Crippen LogP) is 9.61. The minimum Gasteiger partial charge on any atom is -0.462 e. The first-order valence-corrected chi connectivity index (χ1v) is 20.9. The summed E-state index contributed by atoms with van der Waals surface area (Å²) in [4.78, 5) is 34.8. The summed E-state index contributed by atoms with van der Waals surface area (Å²) in [5.74, 6) is -0.954.